The highest BCUT2D eigenvalue weighted by Crippen LogP contribution is 2.19. The van der Waals surface area contributed by atoms with Crippen molar-refractivity contribution < 1.29 is 19.4 Å². The molecule has 114 valence electrons. The van der Waals surface area contributed by atoms with E-state index in [2.05, 4.69) is 0 Å². The van der Waals surface area contributed by atoms with Crippen molar-refractivity contribution in [2.45, 2.75) is 25.4 Å². The average molecular weight is 292 g/mol. The third kappa shape index (κ3) is 4.19. The molecule has 0 saturated carbocycles. The highest BCUT2D eigenvalue weighted by molar-refractivity contribution is 5.99. The maximum absolute atomic E-state index is 12.4. The second kappa shape index (κ2) is 7.08. The average Bonchev–Trinajstić information content (AvgIpc) is 2.47. The maximum Gasteiger partial charge on any atom is 0.305 e. The largest absolute Gasteiger partial charge is 0.481 e. The molecule has 1 heterocycles. The number of para-hydroxylation sites is 1. The quantitative estimate of drug-likeness (QED) is 0.799. The SMILES string of the molecule is Nc1ccccc1C(=O)N1CCC(OCCC(=O)O)CC1. The summed E-state index contributed by atoms with van der Waals surface area (Å²) in [4.78, 5) is 24.6. The van der Waals surface area contributed by atoms with Crippen LogP contribution in [0.4, 0.5) is 5.69 Å². The van der Waals surface area contributed by atoms with Crippen molar-refractivity contribution in [3.05, 3.63) is 29.8 Å². The predicted octanol–water partition coefficient (Wildman–Crippen LogP) is 1.36. The zero-order valence-electron chi connectivity index (χ0n) is 11.8. The monoisotopic (exact) mass is 292 g/mol. The van der Waals surface area contributed by atoms with Gasteiger partial charge < -0.3 is 20.5 Å². The van der Waals surface area contributed by atoms with Crippen LogP contribution in [-0.4, -0.2) is 47.7 Å². The summed E-state index contributed by atoms with van der Waals surface area (Å²) in [5.74, 6) is -0.917. The Kier molecular flexibility index (Phi) is 5.16. The van der Waals surface area contributed by atoms with E-state index in [9.17, 15) is 9.59 Å². The molecule has 0 spiro atoms. The number of piperidine rings is 1. The molecule has 1 saturated heterocycles. The molecule has 1 amide bonds. The van der Waals surface area contributed by atoms with Crippen LogP contribution in [0.3, 0.4) is 0 Å². The number of likely N-dealkylation sites (tertiary alicyclic amines) is 1. The number of amides is 1. The molecule has 1 aliphatic rings. The van der Waals surface area contributed by atoms with Gasteiger partial charge in [0.05, 0.1) is 24.7 Å². The Hall–Kier alpha value is -2.08. The Morgan fingerprint density at radius 3 is 2.57 bits per heavy atom. The van der Waals surface area contributed by atoms with Crippen molar-refractivity contribution in [2.75, 3.05) is 25.4 Å². The van der Waals surface area contributed by atoms with Gasteiger partial charge in [-0.05, 0) is 25.0 Å². The number of aliphatic carboxylic acids is 1. The van der Waals surface area contributed by atoms with Crippen LogP contribution < -0.4 is 5.73 Å². The number of benzene rings is 1. The molecule has 0 atom stereocenters. The van der Waals surface area contributed by atoms with Gasteiger partial charge in [-0.3, -0.25) is 9.59 Å². The molecule has 6 nitrogen and oxygen atoms in total. The molecule has 1 fully saturated rings. The lowest BCUT2D eigenvalue weighted by molar-refractivity contribution is -0.138. The van der Waals surface area contributed by atoms with Gasteiger partial charge in [0.25, 0.3) is 5.91 Å². The van der Waals surface area contributed by atoms with Crippen LogP contribution in [0.5, 0.6) is 0 Å². The first-order chi connectivity index (χ1) is 10.1. The zero-order valence-corrected chi connectivity index (χ0v) is 11.8. The molecule has 1 aliphatic heterocycles. The van der Waals surface area contributed by atoms with Gasteiger partial charge in [0.15, 0.2) is 0 Å². The van der Waals surface area contributed by atoms with Crippen molar-refractivity contribution in [2.24, 2.45) is 0 Å². The zero-order chi connectivity index (χ0) is 15.2. The van der Waals surface area contributed by atoms with E-state index in [0.717, 1.165) is 12.8 Å². The third-order valence-electron chi connectivity index (χ3n) is 3.59. The summed E-state index contributed by atoms with van der Waals surface area (Å²) in [6.45, 7) is 1.43. The van der Waals surface area contributed by atoms with Crippen LogP contribution >= 0.6 is 0 Å². The van der Waals surface area contributed by atoms with Gasteiger partial charge in [-0.1, -0.05) is 12.1 Å². The van der Waals surface area contributed by atoms with E-state index < -0.39 is 5.97 Å². The van der Waals surface area contributed by atoms with Crippen molar-refractivity contribution in [1.82, 2.24) is 4.90 Å². The number of hydrogen-bond donors (Lipinski definition) is 2. The van der Waals surface area contributed by atoms with Gasteiger partial charge >= 0.3 is 5.97 Å². The number of carboxylic acids is 1. The van der Waals surface area contributed by atoms with E-state index in [-0.39, 0.29) is 25.0 Å². The summed E-state index contributed by atoms with van der Waals surface area (Å²) < 4.78 is 5.51. The van der Waals surface area contributed by atoms with Crippen molar-refractivity contribution in [3.63, 3.8) is 0 Å². The van der Waals surface area contributed by atoms with Gasteiger partial charge in [-0.25, -0.2) is 0 Å². The molecular formula is C15H20N2O4. The molecule has 0 aliphatic carbocycles. The lowest BCUT2D eigenvalue weighted by Gasteiger charge is -2.32. The second-order valence-corrected chi connectivity index (χ2v) is 5.09. The van der Waals surface area contributed by atoms with Crippen LogP contribution in [-0.2, 0) is 9.53 Å². The fraction of sp³-hybridized carbons (Fsp3) is 0.467. The summed E-state index contributed by atoms with van der Waals surface area (Å²) in [6, 6.07) is 7.04. The normalized spacial score (nSPS) is 15.9. The summed E-state index contributed by atoms with van der Waals surface area (Å²) in [6.07, 6.45) is 1.48. The fourth-order valence-corrected chi connectivity index (χ4v) is 2.40. The standard InChI is InChI=1S/C15H20N2O4/c16-13-4-2-1-3-12(13)15(20)17-8-5-11(6-9-17)21-10-7-14(18)19/h1-4,11H,5-10,16H2,(H,18,19). The first-order valence-electron chi connectivity index (χ1n) is 7.05. The van der Waals surface area contributed by atoms with Gasteiger partial charge in [0.2, 0.25) is 0 Å². The topological polar surface area (TPSA) is 92.9 Å². The molecule has 1 aromatic rings. The highest BCUT2D eigenvalue weighted by atomic mass is 16.5. The van der Waals surface area contributed by atoms with E-state index in [0.29, 0.717) is 24.3 Å². The van der Waals surface area contributed by atoms with Crippen LogP contribution in [0.1, 0.15) is 29.6 Å². The molecule has 0 unspecified atom stereocenters. The third-order valence-corrected chi connectivity index (χ3v) is 3.59. The lowest BCUT2D eigenvalue weighted by atomic mass is 10.1. The van der Waals surface area contributed by atoms with Gasteiger partial charge in [-0.15, -0.1) is 0 Å². The Balaban J connectivity index is 1.82. The van der Waals surface area contributed by atoms with Crippen LogP contribution in [0, 0.1) is 0 Å². The molecule has 21 heavy (non-hydrogen) atoms. The number of nitrogen functional groups attached to an aromatic ring is 1. The minimum atomic E-state index is -0.859. The van der Waals surface area contributed by atoms with E-state index in [1.807, 2.05) is 0 Å². The molecule has 2 rings (SSSR count). The van der Waals surface area contributed by atoms with Crippen molar-refractivity contribution >= 4 is 17.6 Å². The Labute approximate surface area is 123 Å². The first-order valence-corrected chi connectivity index (χ1v) is 7.05. The van der Waals surface area contributed by atoms with E-state index in [1.165, 1.54) is 0 Å². The minimum Gasteiger partial charge on any atom is -0.481 e. The lowest BCUT2D eigenvalue weighted by Crippen LogP contribution is -2.41. The minimum absolute atomic E-state index is 0.0136. The molecule has 3 N–H and O–H groups in total. The summed E-state index contributed by atoms with van der Waals surface area (Å²) in [7, 11) is 0. The molecule has 0 aromatic heterocycles. The highest BCUT2D eigenvalue weighted by Gasteiger charge is 2.24. The predicted molar refractivity (Wildman–Crippen MR) is 78.0 cm³/mol. The molecule has 0 bridgehead atoms. The molecular weight excluding hydrogens is 272 g/mol. The fourth-order valence-electron chi connectivity index (χ4n) is 2.40. The van der Waals surface area contributed by atoms with Gasteiger partial charge in [0, 0.05) is 18.8 Å². The van der Waals surface area contributed by atoms with Crippen molar-refractivity contribution in [3.8, 4) is 0 Å². The van der Waals surface area contributed by atoms with Crippen LogP contribution in [0.2, 0.25) is 0 Å². The summed E-state index contributed by atoms with van der Waals surface area (Å²) in [5, 5.41) is 8.57. The number of ether oxygens (including phenoxy) is 1. The first kappa shape index (κ1) is 15.3. The van der Waals surface area contributed by atoms with Crippen LogP contribution in [0.15, 0.2) is 24.3 Å². The smallest absolute Gasteiger partial charge is 0.305 e. The maximum atomic E-state index is 12.4. The Morgan fingerprint density at radius 1 is 1.29 bits per heavy atom. The second-order valence-electron chi connectivity index (χ2n) is 5.09. The van der Waals surface area contributed by atoms with Gasteiger partial charge in [0.1, 0.15) is 0 Å². The summed E-state index contributed by atoms with van der Waals surface area (Å²) >= 11 is 0. The number of hydrogen-bond acceptors (Lipinski definition) is 4. The Morgan fingerprint density at radius 2 is 1.95 bits per heavy atom. The number of anilines is 1. The van der Waals surface area contributed by atoms with E-state index in [1.54, 1.807) is 29.2 Å². The van der Waals surface area contributed by atoms with Crippen molar-refractivity contribution in [1.29, 1.82) is 0 Å². The van der Waals surface area contributed by atoms with E-state index in [4.69, 9.17) is 15.6 Å². The number of carbonyl (C=O) groups excluding carboxylic acids is 1. The molecule has 0 radical (unpaired) electrons. The Bertz CT molecular complexity index is 510. The number of carboxylic acid groups (broad SMARTS) is 1. The van der Waals surface area contributed by atoms with E-state index >= 15 is 0 Å². The van der Waals surface area contributed by atoms with Crippen LogP contribution in [0.25, 0.3) is 0 Å². The van der Waals surface area contributed by atoms with Gasteiger partial charge in [-0.2, -0.15) is 0 Å². The number of nitrogens with two attached hydrogens (primary N) is 1. The summed E-state index contributed by atoms with van der Waals surface area (Å²) in [5.41, 5.74) is 6.84. The molecule has 1 aromatic carbocycles. The number of nitrogens with zero attached hydrogens (tertiary/aromatic N) is 1. The molecule has 6 heteroatoms. The number of rotatable bonds is 5. The number of carbonyl (C=O) groups is 2.